The molecule has 2 amide bonds. The number of ether oxygens (including phenoxy) is 2. The number of fused-ring (bicyclic) bond motifs is 1. The van der Waals surface area contributed by atoms with Crippen LogP contribution < -0.4 is 15.6 Å². The third kappa shape index (κ3) is 5.04. The average Bonchev–Trinajstić information content (AvgIpc) is 3.08. The van der Waals surface area contributed by atoms with E-state index in [1.54, 1.807) is 19.1 Å². The van der Waals surface area contributed by atoms with Crippen molar-refractivity contribution < 1.29 is 23.9 Å². The van der Waals surface area contributed by atoms with Crippen LogP contribution in [0, 0.1) is 0 Å². The molecule has 0 atom stereocenters. The first kappa shape index (κ1) is 20.6. The maximum absolute atomic E-state index is 12.3. The Morgan fingerprint density at radius 1 is 1.03 bits per heavy atom. The maximum atomic E-state index is 12.3. The van der Waals surface area contributed by atoms with Crippen molar-refractivity contribution in [2.75, 3.05) is 13.2 Å². The van der Waals surface area contributed by atoms with Gasteiger partial charge in [-0.2, -0.15) is 0 Å². The highest BCUT2D eigenvalue weighted by Crippen LogP contribution is 2.34. The van der Waals surface area contributed by atoms with E-state index >= 15 is 0 Å². The van der Waals surface area contributed by atoms with Crippen molar-refractivity contribution in [3.05, 3.63) is 64.0 Å². The molecule has 0 unspecified atom stereocenters. The van der Waals surface area contributed by atoms with E-state index in [1.807, 2.05) is 24.3 Å². The summed E-state index contributed by atoms with van der Waals surface area (Å²) in [6.45, 7) is 1.69. The van der Waals surface area contributed by atoms with Crippen molar-refractivity contribution in [3.8, 4) is 5.75 Å². The fourth-order valence-corrected chi connectivity index (χ4v) is 3.84. The molecule has 9 heteroatoms. The minimum absolute atomic E-state index is 0.287. The molecule has 0 saturated carbocycles. The van der Waals surface area contributed by atoms with Gasteiger partial charge in [0.25, 0.3) is 11.8 Å². The number of hydrogen-bond donors (Lipinski definition) is 2. The molecule has 0 aliphatic carbocycles. The minimum atomic E-state index is -0.551. The second-order valence-electron chi connectivity index (χ2n) is 5.78. The lowest BCUT2D eigenvalue weighted by Crippen LogP contribution is -2.43. The first-order valence-electron chi connectivity index (χ1n) is 8.65. The molecule has 0 aliphatic heterocycles. The standard InChI is InChI=1S/C20H17ClN2O5S/c1-2-27-20(26)12-7-9-13(10-8-12)28-11-16(24)22-23-19(25)18-17(21)14-5-3-4-6-15(14)29-18/h3-10H,2,11H2,1H3,(H,22,24)(H,23,25). The van der Waals surface area contributed by atoms with Gasteiger partial charge in [0, 0.05) is 10.1 Å². The smallest absolute Gasteiger partial charge is 0.338 e. The SMILES string of the molecule is CCOC(=O)c1ccc(OCC(=O)NNC(=O)c2sc3ccccc3c2Cl)cc1. The van der Waals surface area contributed by atoms with Crippen LogP contribution >= 0.6 is 22.9 Å². The van der Waals surface area contributed by atoms with E-state index in [4.69, 9.17) is 21.1 Å². The molecule has 2 aromatic carbocycles. The first-order valence-corrected chi connectivity index (χ1v) is 9.85. The number of hydrogen-bond acceptors (Lipinski definition) is 6. The van der Waals surface area contributed by atoms with Crippen molar-refractivity contribution in [2.45, 2.75) is 6.92 Å². The molecule has 1 heterocycles. The lowest BCUT2D eigenvalue weighted by Gasteiger charge is -2.09. The van der Waals surface area contributed by atoms with Gasteiger partial charge < -0.3 is 9.47 Å². The molecule has 0 spiro atoms. The van der Waals surface area contributed by atoms with Crippen LogP contribution in [0.4, 0.5) is 0 Å². The van der Waals surface area contributed by atoms with Gasteiger partial charge in [0.1, 0.15) is 10.6 Å². The van der Waals surface area contributed by atoms with Gasteiger partial charge in [0.05, 0.1) is 17.2 Å². The number of esters is 1. The lowest BCUT2D eigenvalue weighted by molar-refractivity contribution is -0.123. The Labute approximate surface area is 175 Å². The number of halogens is 1. The molecule has 0 radical (unpaired) electrons. The number of carbonyl (C=O) groups excluding carboxylic acids is 3. The van der Waals surface area contributed by atoms with Crippen molar-refractivity contribution in [1.82, 2.24) is 10.9 Å². The highest BCUT2D eigenvalue weighted by atomic mass is 35.5. The number of benzene rings is 2. The summed E-state index contributed by atoms with van der Waals surface area (Å²) >= 11 is 7.48. The van der Waals surface area contributed by atoms with Gasteiger partial charge in [-0.15, -0.1) is 11.3 Å². The molecule has 0 bridgehead atoms. The van der Waals surface area contributed by atoms with Crippen LogP contribution in [0.2, 0.25) is 5.02 Å². The van der Waals surface area contributed by atoms with Crippen molar-refractivity contribution in [2.24, 2.45) is 0 Å². The third-order valence-electron chi connectivity index (χ3n) is 3.79. The van der Waals surface area contributed by atoms with Crippen molar-refractivity contribution in [1.29, 1.82) is 0 Å². The Morgan fingerprint density at radius 3 is 2.45 bits per heavy atom. The third-order valence-corrected chi connectivity index (χ3v) is 5.47. The van der Waals surface area contributed by atoms with Crippen LogP contribution in [0.25, 0.3) is 10.1 Å². The molecule has 3 aromatic rings. The van der Waals surface area contributed by atoms with E-state index in [2.05, 4.69) is 10.9 Å². The van der Waals surface area contributed by atoms with Crippen molar-refractivity contribution >= 4 is 50.8 Å². The van der Waals surface area contributed by atoms with Gasteiger partial charge in [-0.05, 0) is 37.3 Å². The summed E-state index contributed by atoms with van der Waals surface area (Å²) in [5.74, 6) is -1.10. The van der Waals surface area contributed by atoms with Gasteiger partial charge >= 0.3 is 5.97 Å². The normalized spacial score (nSPS) is 10.4. The predicted molar refractivity (Wildman–Crippen MR) is 110 cm³/mol. The van der Waals surface area contributed by atoms with E-state index in [-0.39, 0.29) is 13.2 Å². The minimum Gasteiger partial charge on any atom is -0.484 e. The molecule has 7 nitrogen and oxygen atoms in total. The number of carbonyl (C=O) groups is 3. The van der Waals surface area contributed by atoms with Crippen LogP contribution in [-0.2, 0) is 9.53 Å². The van der Waals surface area contributed by atoms with E-state index in [0.717, 1.165) is 10.1 Å². The molecule has 1 aromatic heterocycles. The Bertz CT molecular complexity index is 1050. The van der Waals surface area contributed by atoms with Crippen LogP contribution in [-0.4, -0.2) is 31.0 Å². The predicted octanol–water partition coefficient (Wildman–Crippen LogP) is 3.57. The summed E-state index contributed by atoms with van der Waals surface area (Å²) in [6, 6.07) is 13.6. The van der Waals surface area contributed by atoms with Crippen LogP contribution in [0.1, 0.15) is 27.0 Å². The second-order valence-corrected chi connectivity index (χ2v) is 7.21. The molecule has 29 heavy (non-hydrogen) atoms. The zero-order valence-electron chi connectivity index (χ0n) is 15.4. The molecule has 0 saturated heterocycles. The summed E-state index contributed by atoms with van der Waals surface area (Å²) in [5, 5.41) is 1.13. The van der Waals surface area contributed by atoms with E-state index in [1.165, 1.54) is 23.5 Å². The van der Waals surface area contributed by atoms with Crippen LogP contribution in [0.3, 0.4) is 0 Å². The second kappa shape index (κ2) is 9.40. The Hall–Kier alpha value is -3.10. The summed E-state index contributed by atoms with van der Waals surface area (Å²) in [6.07, 6.45) is 0. The fraction of sp³-hybridized carbons (Fsp3) is 0.150. The van der Waals surface area contributed by atoms with Crippen LogP contribution in [0.15, 0.2) is 48.5 Å². The molecule has 0 aliphatic rings. The zero-order chi connectivity index (χ0) is 20.8. The van der Waals surface area contributed by atoms with E-state index < -0.39 is 17.8 Å². The molecule has 2 N–H and O–H groups in total. The van der Waals surface area contributed by atoms with Crippen molar-refractivity contribution in [3.63, 3.8) is 0 Å². The number of rotatable bonds is 6. The molecular weight excluding hydrogens is 416 g/mol. The maximum Gasteiger partial charge on any atom is 0.338 e. The highest BCUT2D eigenvalue weighted by Gasteiger charge is 2.17. The Kier molecular flexibility index (Phi) is 6.69. The highest BCUT2D eigenvalue weighted by molar-refractivity contribution is 7.21. The topological polar surface area (TPSA) is 93.7 Å². The summed E-state index contributed by atoms with van der Waals surface area (Å²) < 4.78 is 11.1. The lowest BCUT2D eigenvalue weighted by atomic mass is 10.2. The molecule has 3 rings (SSSR count). The summed E-state index contributed by atoms with van der Waals surface area (Å²) in [7, 11) is 0. The molecular formula is C20H17ClN2O5S. The molecule has 0 fully saturated rings. The van der Waals surface area contributed by atoms with Gasteiger partial charge in [-0.3, -0.25) is 20.4 Å². The Balaban J connectivity index is 1.50. The van der Waals surface area contributed by atoms with E-state index in [9.17, 15) is 14.4 Å². The summed E-state index contributed by atoms with van der Waals surface area (Å²) in [4.78, 5) is 36.1. The van der Waals surface area contributed by atoms with Gasteiger partial charge in [0.2, 0.25) is 0 Å². The first-order chi connectivity index (χ1) is 14.0. The largest absolute Gasteiger partial charge is 0.484 e. The van der Waals surface area contributed by atoms with E-state index in [0.29, 0.717) is 21.2 Å². The Morgan fingerprint density at radius 2 is 1.76 bits per heavy atom. The number of amides is 2. The van der Waals surface area contributed by atoms with Gasteiger partial charge in [-0.1, -0.05) is 29.8 Å². The zero-order valence-corrected chi connectivity index (χ0v) is 16.9. The quantitative estimate of drug-likeness (QED) is 0.458. The number of nitrogens with one attached hydrogen (secondary N) is 2. The van der Waals surface area contributed by atoms with Gasteiger partial charge in [-0.25, -0.2) is 4.79 Å². The number of thiophene rings is 1. The number of hydrazine groups is 1. The summed E-state index contributed by atoms with van der Waals surface area (Å²) in [5.41, 5.74) is 4.99. The average molecular weight is 433 g/mol. The van der Waals surface area contributed by atoms with Crippen LogP contribution in [0.5, 0.6) is 5.75 Å². The monoisotopic (exact) mass is 432 g/mol. The molecule has 150 valence electrons. The fourth-order valence-electron chi connectivity index (χ4n) is 2.43. The van der Waals surface area contributed by atoms with Gasteiger partial charge in [0.15, 0.2) is 6.61 Å².